The van der Waals surface area contributed by atoms with Crippen LogP contribution in [-0.2, 0) is 4.79 Å². The number of ether oxygens (including phenoxy) is 1. The number of carbonyl (C=O) groups is 1. The summed E-state index contributed by atoms with van der Waals surface area (Å²) in [6.07, 6.45) is 1.21. The highest BCUT2D eigenvalue weighted by Gasteiger charge is 2.22. The van der Waals surface area contributed by atoms with E-state index in [4.69, 9.17) is 9.72 Å². The molecule has 0 unspecified atom stereocenters. The zero-order chi connectivity index (χ0) is 18.1. The standard InChI is InChI=1S/C20H20N4O2/c1-13-21-16-7-4-3-6-15(16)20(22-13)24-11-5-8-19(25)23-17-12-14(26-2)9-10-18(17)24/h3-4,6-7,9-10,12H,5,8,11H2,1-2H3,(H,23,25). The number of rotatable bonds is 2. The number of methoxy groups -OCH3 is 1. The number of carbonyl (C=O) groups excluding carboxylic acids is 1. The summed E-state index contributed by atoms with van der Waals surface area (Å²) < 4.78 is 5.32. The first-order chi connectivity index (χ1) is 12.7. The molecule has 0 fully saturated rings. The molecule has 1 aliphatic heterocycles. The van der Waals surface area contributed by atoms with Crippen LogP contribution in [0.1, 0.15) is 18.7 Å². The summed E-state index contributed by atoms with van der Waals surface area (Å²) in [6.45, 7) is 2.60. The number of para-hydroxylation sites is 1. The van der Waals surface area contributed by atoms with Gasteiger partial charge in [0.2, 0.25) is 5.91 Å². The fourth-order valence-corrected chi connectivity index (χ4v) is 3.31. The van der Waals surface area contributed by atoms with Crippen molar-refractivity contribution in [3.63, 3.8) is 0 Å². The van der Waals surface area contributed by atoms with Crippen LogP contribution < -0.4 is 15.0 Å². The Bertz CT molecular complexity index is 987. The molecule has 26 heavy (non-hydrogen) atoms. The van der Waals surface area contributed by atoms with Gasteiger partial charge in [-0.05, 0) is 37.6 Å². The van der Waals surface area contributed by atoms with Gasteiger partial charge in [-0.3, -0.25) is 4.79 Å². The first-order valence-corrected chi connectivity index (χ1v) is 8.64. The molecule has 0 bridgehead atoms. The zero-order valence-corrected chi connectivity index (χ0v) is 14.8. The van der Waals surface area contributed by atoms with E-state index in [9.17, 15) is 4.79 Å². The lowest BCUT2D eigenvalue weighted by Crippen LogP contribution is -2.26. The first kappa shape index (κ1) is 16.3. The Morgan fingerprint density at radius 1 is 1.15 bits per heavy atom. The summed E-state index contributed by atoms with van der Waals surface area (Å²) in [5, 5.41) is 3.99. The van der Waals surface area contributed by atoms with E-state index in [2.05, 4.69) is 15.2 Å². The minimum absolute atomic E-state index is 0.0166. The quantitative estimate of drug-likeness (QED) is 0.763. The van der Waals surface area contributed by atoms with Crippen molar-refractivity contribution in [3.05, 3.63) is 48.3 Å². The van der Waals surface area contributed by atoms with Crippen molar-refractivity contribution in [2.75, 3.05) is 23.9 Å². The third-order valence-electron chi connectivity index (χ3n) is 4.50. The van der Waals surface area contributed by atoms with Crippen molar-refractivity contribution in [1.29, 1.82) is 0 Å². The first-order valence-electron chi connectivity index (χ1n) is 8.64. The summed E-state index contributed by atoms with van der Waals surface area (Å²) in [5.41, 5.74) is 2.55. The number of hydrogen-bond acceptors (Lipinski definition) is 5. The van der Waals surface area contributed by atoms with Gasteiger partial charge in [-0.2, -0.15) is 0 Å². The van der Waals surface area contributed by atoms with E-state index >= 15 is 0 Å². The van der Waals surface area contributed by atoms with Gasteiger partial charge in [-0.15, -0.1) is 0 Å². The summed E-state index contributed by atoms with van der Waals surface area (Å²) in [4.78, 5) is 23.5. The summed E-state index contributed by atoms with van der Waals surface area (Å²) >= 11 is 0. The number of amides is 1. The van der Waals surface area contributed by atoms with E-state index in [0.29, 0.717) is 18.7 Å². The molecule has 0 saturated heterocycles. The average molecular weight is 348 g/mol. The number of benzene rings is 2. The van der Waals surface area contributed by atoms with E-state index in [1.54, 1.807) is 7.11 Å². The number of nitrogens with zero attached hydrogens (tertiary/aromatic N) is 3. The van der Waals surface area contributed by atoms with Crippen LogP contribution in [0.5, 0.6) is 5.75 Å². The van der Waals surface area contributed by atoms with Crippen molar-refractivity contribution >= 4 is 34.0 Å². The molecular weight excluding hydrogens is 328 g/mol. The van der Waals surface area contributed by atoms with Crippen LogP contribution in [0.25, 0.3) is 10.9 Å². The highest BCUT2D eigenvalue weighted by atomic mass is 16.5. The number of aryl methyl sites for hydroxylation is 1. The van der Waals surface area contributed by atoms with Gasteiger partial charge in [0.15, 0.2) is 0 Å². The molecule has 2 heterocycles. The molecule has 6 nitrogen and oxygen atoms in total. The van der Waals surface area contributed by atoms with E-state index in [1.807, 2.05) is 49.4 Å². The zero-order valence-electron chi connectivity index (χ0n) is 14.8. The van der Waals surface area contributed by atoms with Gasteiger partial charge in [0, 0.05) is 24.4 Å². The smallest absolute Gasteiger partial charge is 0.224 e. The third-order valence-corrected chi connectivity index (χ3v) is 4.50. The Balaban J connectivity index is 1.92. The molecule has 0 aliphatic carbocycles. The molecule has 132 valence electrons. The molecule has 1 aliphatic rings. The monoisotopic (exact) mass is 348 g/mol. The molecule has 0 radical (unpaired) electrons. The van der Waals surface area contributed by atoms with Gasteiger partial charge >= 0.3 is 0 Å². The van der Waals surface area contributed by atoms with E-state index < -0.39 is 0 Å². The van der Waals surface area contributed by atoms with Crippen LogP contribution >= 0.6 is 0 Å². The van der Waals surface area contributed by atoms with Crippen molar-refractivity contribution in [1.82, 2.24) is 9.97 Å². The maximum atomic E-state index is 12.1. The minimum Gasteiger partial charge on any atom is -0.497 e. The second-order valence-electron chi connectivity index (χ2n) is 6.30. The predicted octanol–water partition coefficient (Wildman–Crippen LogP) is 3.82. The lowest BCUT2D eigenvalue weighted by molar-refractivity contribution is -0.116. The Labute approximate surface area is 151 Å². The van der Waals surface area contributed by atoms with Gasteiger partial charge < -0.3 is 15.0 Å². The lowest BCUT2D eigenvalue weighted by atomic mass is 10.1. The minimum atomic E-state index is 0.0166. The maximum Gasteiger partial charge on any atom is 0.224 e. The largest absolute Gasteiger partial charge is 0.497 e. The molecule has 1 N–H and O–H groups in total. The highest BCUT2D eigenvalue weighted by Crippen LogP contribution is 2.38. The Hall–Kier alpha value is -3.15. The number of hydrogen-bond donors (Lipinski definition) is 1. The van der Waals surface area contributed by atoms with Crippen molar-refractivity contribution in [3.8, 4) is 5.75 Å². The molecule has 4 rings (SSSR count). The molecule has 6 heteroatoms. The van der Waals surface area contributed by atoms with Crippen LogP contribution in [0.3, 0.4) is 0 Å². The molecule has 0 atom stereocenters. The molecule has 0 spiro atoms. The van der Waals surface area contributed by atoms with E-state index in [0.717, 1.165) is 40.3 Å². The number of nitrogens with one attached hydrogen (secondary N) is 1. The van der Waals surface area contributed by atoms with Crippen LogP contribution in [0, 0.1) is 6.92 Å². The van der Waals surface area contributed by atoms with Crippen LogP contribution in [0.2, 0.25) is 0 Å². The summed E-state index contributed by atoms with van der Waals surface area (Å²) in [7, 11) is 1.62. The van der Waals surface area contributed by atoms with Gasteiger partial charge in [-0.1, -0.05) is 12.1 Å². The maximum absolute atomic E-state index is 12.1. The second-order valence-corrected chi connectivity index (χ2v) is 6.30. The molecule has 1 aromatic heterocycles. The molecule has 2 aromatic carbocycles. The van der Waals surface area contributed by atoms with Crippen molar-refractivity contribution in [2.45, 2.75) is 19.8 Å². The van der Waals surface area contributed by atoms with Gasteiger partial charge in [0.1, 0.15) is 17.4 Å². The van der Waals surface area contributed by atoms with Gasteiger partial charge in [0.05, 0.1) is 24.0 Å². The summed E-state index contributed by atoms with van der Waals surface area (Å²) in [5.74, 6) is 2.30. The fourth-order valence-electron chi connectivity index (χ4n) is 3.31. The Kier molecular flexibility index (Phi) is 4.16. The van der Waals surface area contributed by atoms with Gasteiger partial charge in [-0.25, -0.2) is 9.97 Å². The summed E-state index contributed by atoms with van der Waals surface area (Å²) in [6, 6.07) is 13.7. The Morgan fingerprint density at radius 3 is 2.85 bits per heavy atom. The fraction of sp³-hybridized carbons (Fsp3) is 0.250. The third kappa shape index (κ3) is 2.94. The van der Waals surface area contributed by atoms with Crippen molar-refractivity contribution in [2.24, 2.45) is 0 Å². The topological polar surface area (TPSA) is 67.3 Å². The van der Waals surface area contributed by atoms with Crippen LogP contribution in [0.15, 0.2) is 42.5 Å². The van der Waals surface area contributed by atoms with E-state index in [-0.39, 0.29) is 5.91 Å². The number of anilines is 3. The number of fused-ring (bicyclic) bond motifs is 2. The average Bonchev–Trinajstić information content (AvgIpc) is 2.63. The van der Waals surface area contributed by atoms with Crippen molar-refractivity contribution < 1.29 is 9.53 Å². The molecule has 3 aromatic rings. The number of aromatic nitrogens is 2. The normalized spacial score (nSPS) is 14.4. The van der Waals surface area contributed by atoms with Gasteiger partial charge in [0.25, 0.3) is 0 Å². The molecule has 0 saturated carbocycles. The molecular formula is C20H20N4O2. The SMILES string of the molecule is COc1ccc2c(c1)NC(=O)CCCN2c1nc(C)nc2ccccc12. The van der Waals surface area contributed by atoms with E-state index in [1.165, 1.54) is 0 Å². The lowest BCUT2D eigenvalue weighted by Gasteiger charge is -2.29. The Morgan fingerprint density at radius 2 is 2.00 bits per heavy atom. The highest BCUT2D eigenvalue weighted by molar-refractivity contribution is 5.98. The van der Waals surface area contributed by atoms with Crippen LogP contribution in [-0.4, -0.2) is 29.5 Å². The predicted molar refractivity (Wildman–Crippen MR) is 102 cm³/mol. The second kappa shape index (κ2) is 6.63. The van der Waals surface area contributed by atoms with Crippen LogP contribution in [0.4, 0.5) is 17.2 Å². The molecule has 1 amide bonds.